The lowest BCUT2D eigenvalue weighted by Crippen LogP contribution is -2.32. The van der Waals surface area contributed by atoms with E-state index in [4.69, 9.17) is 4.98 Å². The Balaban J connectivity index is 1.93. The number of hydrogen-bond acceptors (Lipinski definition) is 3. The maximum absolute atomic E-state index is 13.4. The Hall–Kier alpha value is -2.83. The van der Waals surface area contributed by atoms with Crippen LogP contribution in [0.3, 0.4) is 0 Å². The van der Waals surface area contributed by atoms with Gasteiger partial charge >= 0.3 is 6.18 Å². The molecule has 30 heavy (non-hydrogen) atoms. The molecule has 4 rings (SSSR count). The number of imidazole rings is 1. The lowest BCUT2D eigenvalue weighted by molar-refractivity contribution is -0.137. The van der Waals surface area contributed by atoms with Gasteiger partial charge in [-0.05, 0) is 49.9 Å². The van der Waals surface area contributed by atoms with E-state index >= 15 is 0 Å². The predicted molar refractivity (Wildman–Crippen MR) is 112 cm³/mol. The van der Waals surface area contributed by atoms with Crippen LogP contribution in [0.5, 0.6) is 0 Å². The number of hydrogen-bond donors (Lipinski definition) is 0. The van der Waals surface area contributed by atoms with Gasteiger partial charge in [0.25, 0.3) is 0 Å². The average molecular weight is 414 g/mol. The number of aromatic nitrogens is 3. The Labute approximate surface area is 174 Å². The van der Waals surface area contributed by atoms with Crippen molar-refractivity contribution in [1.29, 1.82) is 0 Å². The summed E-state index contributed by atoms with van der Waals surface area (Å²) in [7, 11) is 0. The summed E-state index contributed by atoms with van der Waals surface area (Å²) in [5, 5.41) is 0. The maximum Gasteiger partial charge on any atom is 0.416 e. The first-order valence-corrected chi connectivity index (χ1v) is 10.4. The smallest absolute Gasteiger partial charge is 0.342 e. The summed E-state index contributed by atoms with van der Waals surface area (Å²) < 4.78 is 42.2. The highest BCUT2D eigenvalue weighted by atomic mass is 19.4. The predicted octanol–water partition coefficient (Wildman–Crippen LogP) is 6.03. The minimum atomic E-state index is -4.39. The number of pyridine rings is 1. The van der Waals surface area contributed by atoms with Crippen molar-refractivity contribution in [3.63, 3.8) is 0 Å². The lowest BCUT2D eigenvalue weighted by Gasteiger charge is -2.28. The summed E-state index contributed by atoms with van der Waals surface area (Å²) in [6.45, 7) is 4.67. The first-order chi connectivity index (χ1) is 14.5. The van der Waals surface area contributed by atoms with Crippen LogP contribution in [-0.4, -0.2) is 27.6 Å². The quantitative estimate of drug-likeness (QED) is 0.511. The minimum absolute atomic E-state index is 0.477. The number of piperidine rings is 1. The van der Waals surface area contributed by atoms with Crippen molar-refractivity contribution < 1.29 is 13.2 Å². The van der Waals surface area contributed by atoms with E-state index < -0.39 is 11.7 Å². The molecule has 1 fully saturated rings. The second-order valence-electron chi connectivity index (χ2n) is 7.62. The second-order valence-corrected chi connectivity index (χ2v) is 7.62. The Bertz CT molecular complexity index is 989. The van der Waals surface area contributed by atoms with Crippen molar-refractivity contribution in [2.45, 2.75) is 45.3 Å². The Kier molecular flexibility index (Phi) is 5.79. The van der Waals surface area contributed by atoms with Crippen LogP contribution in [0.4, 0.5) is 19.1 Å². The highest BCUT2D eigenvalue weighted by Crippen LogP contribution is 2.38. The molecular formula is C23H25F3N4. The van der Waals surface area contributed by atoms with E-state index in [9.17, 15) is 13.2 Å². The van der Waals surface area contributed by atoms with Gasteiger partial charge in [0, 0.05) is 43.2 Å². The van der Waals surface area contributed by atoms with Gasteiger partial charge in [0.15, 0.2) is 0 Å². The van der Waals surface area contributed by atoms with Crippen molar-refractivity contribution in [3.05, 3.63) is 54.4 Å². The Morgan fingerprint density at radius 1 is 0.967 bits per heavy atom. The highest BCUT2D eigenvalue weighted by Gasteiger charge is 2.31. The largest absolute Gasteiger partial charge is 0.416 e. The van der Waals surface area contributed by atoms with Gasteiger partial charge in [-0.25, -0.2) is 4.98 Å². The fraction of sp³-hybridized carbons (Fsp3) is 0.391. The van der Waals surface area contributed by atoms with Crippen LogP contribution >= 0.6 is 0 Å². The summed E-state index contributed by atoms with van der Waals surface area (Å²) in [6, 6.07) is 9.24. The first kappa shape index (κ1) is 20.4. The summed E-state index contributed by atoms with van der Waals surface area (Å²) in [4.78, 5) is 11.3. The van der Waals surface area contributed by atoms with Crippen molar-refractivity contribution in [2.75, 3.05) is 18.0 Å². The molecule has 1 saturated heterocycles. The van der Waals surface area contributed by atoms with Crippen molar-refractivity contribution in [3.8, 4) is 22.5 Å². The number of anilines is 1. The molecule has 7 heteroatoms. The van der Waals surface area contributed by atoms with Gasteiger partial charge in [-0.15, -0.1) is 0 Å². The molecule has 2 aromatic heterocycles. The van der Waals surface area contributed by atoms with E-state index in [0.29, 0.717) is 11.3 Å². The molecule has 3 aromatic rings. The second kappa shape index (κ2) is 8.50. The van der Waals surface area contributed by atoms with E-state index in [0.717, 1.165) is 62.2 Å². The van der Waals surface area contributed by atoms with Crippen LogP contribution in [0.2, 0.25) is 0 Å². The molecule has 1 aliphatic heterocycles. The van der Waals surface area contributed by atoms with Crippen molar-refractivity contribution in [2.24, 2.45) is 0 Å². The minimum Gasteiger partial charge on any atom is -0.342 e. The fourth-order valence-corrected chi connectivity index (χ4v) is 4.06. The third-order valence-electron chi connectivity index (χ3n) is 5.45. The zero-order chi connectivity index (χ0) is 21.1. The molecule has 1 aliphatic rings. The van der Waals surface area contributed by atoms with E-state index in [2.05, 4.69) is 21.4 Å². The van der Waals surface area contributed by atoms with E-state index in [1.807, 2.05) is 12.1 Å². The van der Waals surface area contributed by atoms with Crippen LogP contribution in [-0.2, 0) is 12.7 Å². The van der Waals surface area contributed by atoms with Crippen molar-refractivity contribution in [1.82, 2.24) is 14.5 Å². The lowest BCUT2D eigenvalue weighted by atomic mass is 10.0. The van der Waals surface area contributed by atoms with Crippen LogP contribution in [0, 0.1) is 0 Å². The zero-order valence-electron chi connectivity index (χ0n) is 17.0. The third kappa shape index (κ3) is 4.06. The van der Waals surface area contributed by atoms with E-state index in [-0.39, 0.29) is 0 Å². The molecule has 0 saturated carbocycles. The monoisotopic (exact) mass is 414 g/mol. The molecule has 3 heterocycles. The number of rotatable bonds is 5. The summed E-state index contributed by atoms with van der Waals surface area (Å²) >= 11 is 0. The molecule has 0 aliphatic carbocycles. The van der Waals surface area contributed by atoms with Gasteiger partial charge in [-0.1, -0.05) is 19.1 Å². The average Bonchev–Trinajstić information content (AvgIpc) is 3.14. The SMILES string of the molecule is CCCn1c(N2CCCCC2)nc(-c2cccc(C(F)(F)F)c2)c1-c1ccncc1. The normalized spacial score (nSPS) is 14.9. The maximum atomic E-state index is 13.4. The molecule has 0 N–H and O–H groups in total. The topological polar surface area (TPSA) is 34.0 Å². The molecule has 0 radical (unpaired) electrons. The summed E-state index contributed by atoms with van der Waals surface area (Å²) in [5.74, 6) is 0.843. The molecule has 0 amide bonds. The van der Waals surface area contributed by atoms with Crippen LogP contribution in [0.25, 0.3) is 22.5 Å². The van der Waals surface area contributed by atoms with Gasteiger partial charge in [0.05, 0.1) is 17.0 Å². The Morgan fingerprint density at radius 2 is 1.70 bits per heavy atom. The third-order valence-corrected chi connectivity index (χ3v) is 5.45. The fourth-order valence-electron chi connectivity index (χ4n) is 4.06. The van der Waals surface area contributed by atoms with Crippen LogP contribution < -0.4 is 4.90 Å². The number of alkyl halides is 3. The zero-order valence-corrected chi connectivity index (χ0v) is 17.0. The molecule has 0 unspecified atom stereocenters. The van der Waals surface area contributed by atoms with Gasteiger partial charge in [-0.3, -0.25) is 4.98 Å². The number of benzene rings is 1. The highest BCUT2D eigenvalue weighted by molar-refractivity contribution is 5.81. The van der Waals surface area contributed by atoms with Gasteiger partial charge in [0.1, 0.15) is 0 Å². The van der Waals surface area contributed by atoms with E-state index in [1.165, 1.54) is 18.6 Å². The number of halogens is 3. The standard InChI is InChI=1S/C23H25F3N4/c1-2-13-30-21(17-9-11-27-12-10-17)20(28-22(30)29-14-4-3-5-15-29)18-7-6-8-19(16-18)23(24,25)26/h6-12,16H,2-5,13-15H2,1H3. The number of nitrogens with zero attached hydrogens (tertiary/aromatic N) is 4. The van der Waals surface area contributed by atoms with Crippen molar-refractivity contribution >= 4 is 5.95 Å². The van der Waals surface area contributed by atoms with Crippen LogP contribution in [0.1, 0.15) is 38.2 Å². The first-order valence-electron chi connectivity index (χ1n) is 10.4. The van der Waals surface area contributed by atoms with E-state index in [1.54, 1.807) is 18.5 Å². The molecule has 158 valence electrons. The summed E-state index contributed by atoms with van der Waals surface area (Å²) in [6.07, 6.45) is 3.31. The molecule has 1 aromatic carbocycles. The molecular weight excluding hydrogens is 389 g/mol. The molecule has 0 bridgehead atoms. The molecule has 0 atom stereocenters. The Morgan fingerprint density at radius 3 is 2.37 bits per heavy atom. The van der Waals surface area contributed by atoms with Crippen LogP contribution in [0.15, 0.2) is 48.8 Å². The summed E-state index contributed by atoms with van der Waals surface area (Å²) in [5.41, 5.74) is 2.15. The van der Waals surface area contributed by atoms with Gasteiger partial charge in [-0.2, -0.15) is 13.2 Å². The molecule has 4 nitrogen and oxygen atoms in total. The molecule has 0 spiro atoms. The van der Waals surface area contributed by atoms with Gasteiger partial charge < -0.3 is 9.47 Å². The van der Waals surface area contributed by atoms with Gasteiger partial charge in [0.2, 0.25) is 5.95 Å².